The van der Waals surface area contributed by atoms with Crippen LogP contribution in [0.1, 0.15) is 27.0 Å². The highest BCUT2D eigenvalue weighted by molar-refractivity contribution is 5.97. The van der Waals surface area contributed by atoms with Crippen LogP contribution in [0.25, 0.3) is 0 Å². The molecule has 2 N–H and O–H groups in total. The molecular formula is C18H19NO3. The van der Waals surface area contributed by atoms with E-state index >= 15 is 0 Å². The fourth-order valence-electron chi connectivity index (χ4n) is 2.40. The number of carboxylic acid groups (broad SMARTS) is 1. The zero-order valence-corrected chi connectivity index (χ0v) is 12.7. The fourth-order valence-corrected chi connectivity index (χ4v) is 2.40. The number of aryl methyl sites for hydroxylation is 2. The number of aliphatic carboxylic acids is 1. The Bertz CT molecular complexity index is 660. The minimum atomic E-state index is -1.04. The first-order valence-corrected chi connectivity index (χ1v) is 7.11. The van der Waals surface area contributed by atoms with Gasteiger partial charge >= 0.3 is 5.97 Å². The second kappa shape index (κ2) is 6.89. The summed E-state index contributed by atoms with van der Waals surface area (Å²) in [4.78, 5) is 23.7. The summed E-state index contributed by atoms with van der Waals surface area (Å²) in [6.07, 6.45) is 0.257. The van der Waals surface area contributed by atoms with Crippen LogP contribution < -0.4 is 5.32 Å². The molecule has 0 fully saturated rings. The summed E-state index contributed by atoms with van der Waals surface area (Å²) in [5.74, 6) is -1.41. The number of hydrogen-bond acceptors (Lipinski definition) is 2. The first kappa shape index (κ1) is 15.8. The summed E-state index contributed by atoms with van der Waals surface area (Å²) in [7, 11) is 0. The Hall–Kier alpha value is -2.62. The lowest BCUT2D eigenvalue weighted by molar-refractivity contribution is -0.139. The standard InChI is InChI=1S/C18H19NO3/c1-12-8-13(2)10-15(9-12)17(20)19-16(18(21)22)11-14-6-4-3-5-7-14/h3-10,16H,11H2,1-2H3,(H,19,20)(H,21,22). The molecule has 2 aromatic carbocycles. The molecule has 1 amide bonds. The van der Waals surface area contributed by atoms with Crippen molar-refractivity contribution in [3.63, 3.8) is 0 Å². The Kier molecular flexibility index (Phi) is 4.94. The predicted octanol–water partition coefficient (Wildman–Crippen LogP) is 2.73. The zero-order chi connectivity index (χ0) is 16.1. The Balaban J connectivity index is 2.13. The fraction of sp³-hybridized carbons (Fsp3) is 0.222. The van der Waals surface area contributed by atoms with E-state index in [1.54, 1.807) is 12.1 Å². The Labute approximate surface area is 129 Å². The van der Waals surface area contributed by atoms with E-state index < -0.39 is 12.0 Å². The lowest BCUT2D eigenvalue weighted by Gasteiger charge is -2.15. The van der Waals surface area contributed by atoms with Gasteiger partial charge in [-0.25, -0.2) is 4.79 Å². The Morgan fingerprint density at radius 2 is 1.64 bits per heavy atom. The van der Waals surface area contributed by atoms with Crippen molar-refractivity contribution in [2.75, 3.05) is 0 Å². The van der Waals surface area contributed by atoms with Gasteiger partial charge in [0.1, 0.15) is 6.04 Å². The van der Waals surface area contributed by atoms with E-state index in [1.165, 1.54) is 0 Å². The summed E-state index contributed by atoms with van der Waals surface area (Å²) in [5.41, 5.74) is 3.30. The van der Waals surface area contributed by atoms with Gasteiger partial charge in [-0.2, -0.15) is 0 Å². The monoisotopic (exact) mass is 297 g/mol. The second-order valence-electron chi connectivity index (χ2n) is 5.43. The summed E-state index contributed by atoms with van der Waals surface area (Å²) in [6.45, 7) is 3.81. The number of rotatable bonds is 5. The number of nitrogens with one attached hydrogen (secondary N) is 1. The molecule has 0 aliphatic heterocycles. The lowest BCUT2D eigenvalue weighted by Crippen LogP contribution is -2.42. The quantitative estimate of drug-likeness (QED) is 0.891. The van der Waals surface area contributed by atoms with Gasteiger partial charge < -0.3 is 10.4 Å². The highest BCUT2D eigenvalue weighted by Gasteiger charge is 2.21. The molecule has 0 aromatic heterocycles. The number of amides is 1. The number of benzene rings is 2. The lowest BCUT2D eigenvalue weighted by atomic mass is 10.0. The summed E-state index contributed by atoms with van der Waals surface area (Å²) in [6, 6.07) is 13.8. The van der Waals surface area contributed by atoms with Crippen molar-refractivity contribution >= 4 is 11.9 Å². The summed E-state index contributed by atoms with van der Waals surface area (Å²) >= 11 is 0. The number of carbonyl (C=O) groups excluding carboxylic acids is 1. The van der Waals surface area contributed by atoms with Crippen LogP contribution in [-0.4, -0.2) is 23.0 Å². The van der Waals surface area contributed by atoms with Crippen LogP contribution in [0.2, 0.25) is 0 Å². The first-order valence-electron chi connectivity index (χ1n) is 7.11. The average molecular weight is 297 g/mol. The van der Waals surface area contributed by atoms with E-state index in [0.29, 0.717) is 5.56 Å². The molecule has 1 atom stereocenters. The topological polar surface area (TPSA) is 66.4 Å². The Morgan fingerprint density at radius 3 is 2.18 bits per heavy atom. The predicted molar refractivity (Wildman–Crippen MR) is 85.0 cm³/mol. The van der Waals surface area contributed by atoms with Gasteiger partial charge in [0.15, 0.2) is 0 Å². The smallest absolute Gasteiger partial charge is 0.326 e. The van der Waals surface area contributed by atoms with Crippen molar-refractivity contribution < 1.29 is 14.7 Å². The van der Waals surface area contributed by atoms with Gasteiger partial charge in [0.25, 0.3) is 5.91 Å². The molecule has 0 radical (unpaired) electrons. The third-order valence-corrected chi connectivity index (χ3v) is 3.37. The van der Waals surface area contributed by atoms with E-state index in [2.05, 4.69) is 5.32 Å². The highest BCUT2D eigenvalue weighted by Crippen LogP contribution is 2.10. The van der Waals surface area contributed by atoms with Crippen LogP contribution >= 0.6 is 0 Å². The van der Waals surface area contributed by atoms with Crippen molar-refractivity contribution in [1.82, 2.24) is 5.32 Å². The molecule has 4 heteroatoms. The van der Waals surface area contributed by atoms with Crippen molar-refractivity contribution in [2.24, 2.45) is 0 Å². The highest BCUT2D eigenvalue weighted by atomic mass is 16.4. The van der Waals surface area contributed by atoms with Gasteiger partial charge in [-0.1, -0.05) is 47.5 Å². The van der Waals surface area contributed by atoms with Crippen molar-refractivity contribution in [3.8, 4) is 0 Å². The summed E-state index contributed by atoms with van der Waals surface area (Å²) in [5, 5.41) is 11.9. The third kappa shape index (κ3) is 4.19. The maximum Gasteiger partial charge on any atom is 0.326 e. The molecule has 114 valence electrons. The van der Waals surface area contributed by atoms with Gasteiger partial charge in [-0.15, -0.1) is 0 Å². The summed E-state index contributed by atoms with van der Waals surface area (Å²) < 4.78 is 0. The number of carboxylic acids is 1. The molecule has 0 saturated heterocycles. The van der Waals surface area contributed by atoms with Gasteiger partial charge in [0.05, 0.1) is 0 Å². The molecule has 22 heavy (non-hydrogen) atoms. The van der Waals surface area contributed by atoms with E-state index in [1.807, 2.05) is 50.2 Å². The SMILES string of the molecule is Cc1cc(C)cc(C(=O)NC(Cc2ccccc2)C(=O)O)c1. The normalized spacial score (nSPS) is 11.7. The van der Waals surface area contributed by atoms with Gasteiger partial charge in [-0.3, -0.25) is 4.79 Å². The molecule has 0 bridgehead atoms. The van der Waals surface area contributed by atoms with Crippen molar-refractivity contribution in [2.45, 2.75) is 26.3 Å². The van der Waals surface area contributed by atoms with E-state index in [9.17, 15) is 14.7 Å². The maximum absolute atomic E-state index is 12.3. The van der Waals surface area contributed by atoms with Crippen molar-refractivity contribution in [1.29, 1.82) is 0 Å². The van der Waals surface area contributed by atoms with Crippen LogP contribution in [0.3, 0.4) is 0 Å². The van der Waals surface area contributed by atoms with Gasteiger partial charge in [-0.05, 0) is 31.5 Å². The molecular weight excluding hydrogens is 278 g/mol. The molecule has 0 aliphatic carbocycles. The molecule has 0 saturated carbocycles. The molecule has 0 heterocycles. The molecule has 2 aromatic rings. The number of hydrogen-bond donors (Lipinski definition) is 2. The van der Waals surface area contributed by atoms with E-state index in [0.717, 1.165) is 16.7 Å². The Morgan fingerprint density at radius 1 is 1.05 bits per heavy atom. The second-order valence-corrected chi connectivity index (χ2v) is 5.43. The van der Waals surface area contributed by atoms with Crippen LogP contribution in [0.5, 0.6) is 0 Å². The van der Waals surface area contributed by atoms with Crippen LogP contribution in [0, 0.1) is 13.8 Å². The van der Waals surface area contributed by atoms with Crippen molar-refractivity contribution in [3.05, 3.63) is 70.8 Å². The first-order chi connectivity index (χ1) is 10.5. The van der Waals surface area contributed by atoms with Gasteiger partial charge in [0.2, 0.25) is 0 Å². The largest absolute Gasteiger partial charge is 0.480 e. The van der Waals surface area contributed by atoms with Gasteiger partial charge in [0, 0.05) is 12.0 Å². The van der Waals surface area contributed by atoms with E-state index in [-0.39, 0.29) is 12.3 Å². The minimum Gasteiger partial charge on any atom is -0.480 e. The molecule has 0 aliphatic rings. The molecule has 4 nitrogen and oxygen atoms in total. The van der Waals surface area contributed by atoms with Crippen LogP contribution in [0.4, 0.5) is 0 Å². The number of carbonyl (C=O) groups is 2. The maximum atomic E-state index is 12.3. The molecule has 0 spiro atoms. The third-order valence-electron chi connectivity index (χ3n) is 3.37. The molecule has 2 rings (SSSR count). The van der Waals surface area contributed by atoms with Crippen LogP contribution in [-0.2, 0) is 11.2 Å². The van der Waals surface area contributed by atoms with E-state index in [4.69, 9.17) is 0 Å². The van der Waals surface area contributed by atoms with Crippen LogP contribution in [0.15, 0.2) is 48.5 Å². The molecule has 1 unspecified atom stereocenters. The average Bonchev–Trinajstić information content (AvgIpc) is 2.46. The minimum absolute atomic E-state index is 0.257. The zero-order valence-electron chi connectivity index (χ0n) is 12.7.